The third kappa shape index (κ3) is 3.74. The lowest BCUT2D eigenvalue weighted by Crippen LogP contribution is -2.41. The Balaban J connectivity index is 1.65. The average molecular weight is 318 g/mol. The van der Waals surface area contributed by atoms with E-state index in [2.05, 4.69) is 26.0 Å². The van der Waals surface area contributed by atoms with Gasteiger partial charge in [-0.1, -0.05) is 45.3 Å². The van der Waals surface area contributed by atoms with Crippen molar-refractivity contribution in [2.45, 2.75) is 77.2 Å². The quantitative estimate of drug-likeness (QED) is 0.779. The lowest BCUT2D eigenvalue weighted by Gasteiger charge is -2.36. The molecule has 23 heavy (non-hydrogen) atoms. The maximum absolute atomic E-state index is 9.54. The van der Waals surface area contributed by atoms with Crippen LogP contribution < -0.4 is 5.73 Å². The second-order valence-electron chi connectivity index (χ2n) is 8.59. The first kappa shape index (κ1) is 17.2. The van der Waals surface area contributed by atoms with Crippen LogP contribution in [0.4, 0.5) is 0 Å². The minimum Gasteiger partial charge on any atom is -0.394 e. The van der Waals surface area contributed by atoms with Gasteiger partial charge in [0.05, 0.1) is 6.61 Å². The molecule has 0 spiro atoms. The molecule has 3 aliphatic rings. The minimum absolute atomic E-state index is 0.140. The van der Waals surface area contributed by atoms with Gasteiger partial charge in [-0.25, -0.2) is 0 Å². The summed E-state index contributed by atoms with van der Waals surface area (Å²) < 4.78 is 0. The van der Waals surface area contributed by atoms with Crippen molar-refractivity contribution < 1.29 is 5.11 Å². The van der Waals surface area contributed by atoms with E-state index in [0.717, 1.165) is 18.8 Å². The summed E-state index contributed by atoms with van der Waals surface area (Å²) in [7, 11) is 0. The Labute approximate surface area is 142 Å². The molecule has 0 saturated heterocycles. The summed E-state index contributed by atoms with van der Waals surface area (Å²) in [4.78, 5) is 0. The fourth-order valence-corrected chi connectivity index (χ4v) is 5.22. The van der Waals surface area contributed by atoms with Gasteiger partial charge in [0, 0.05) is 5.54 Å². The van der Waals surface area contributed by atoms with Gasteiger partial charge in [-0.3, -0.25) is 0 Å². The van der Waals surface area contributed by atoms with E-state index in [-0.39, 0.29) is 12.1 Å². The number of unbranched alkanes of at least 4 members (excludes halogenated alkanes) is 1. The van der Waals surface area contributed by atoms with Gasteiger partial charge in [0.15, 0.2) is 0 Å². The summed E-state index contributed by atoms with van der Waals surface area (Å²) in [6.07, 6.45) is 16.4. The van der Waals surface area contributed by atoms with Crippen molar-refractivity contribution in [1.82, 2.24) is 0 Å². The molecule has 0 aliphatic heterocycles. The third-order valence-corrected chi connectivity index (χ3v) is 6.71. The molecule has 0 heterocycles. The Kier molecular flexibility index (Phi) is 5.32. The molecule has 2 fully saturated rings. The molecule has 0 aromatic rings. The van der Waals surface area contributed by atoms with Gasteiger partial charge in [-0.05, 0) is 73.3 Å². The van der Waals surface area contributed by atoms with Gasteiger partial charge in [0.2, 0.25) is 0 Å². The molecule has 0 aromatic heterocycles. The number of fused-ring (bicyclic) bond motifs is 1. The molecule has 0 bridgehead atoms. The van der Waals surface area contributed by atoms with Crippen LogP contribution in [-0.4, -0.2) is 17.3 Å². The van der Waals surface area contributed by atoms with Crippen molar-refractivity contribution in [3.05, 3.63) is 23.3 Å². The van der Waals surface area contributed by atoms with Crippen LogP contribution >= 0.6 is 0 Å². The standard InChI is InChI=1S/C21H35NO/c1-3-4-5-16-6-7-17-12-20(15(2)10-19(17)11-16)18-8-9-21(22,13-18)14-23/h10,12,15-16,18,20,23H,3-9,11,13-14,22H2,1-2H3/t15?,16?,18-,20?,21+/m0/s1. The van der Waals surface area contributed by atoms with Crippen LogP contribution in [0.5, 0.6) is 0 Å². The normalized spacial score (nSPS) is 40.5. The van der Waals surface area contributed by atoms with Gasteiger partial charge in [-0.15, -0.1) is 0 Å². The van der Waals surface area contributed by atoms with Gasteiger partial charge >= 0.3 is 0 Å². The molecular weight excluding hydrogens is 282 g/mol. The zero-order valence-corrected chi connectivity index (χ0v) is 15.1. The van der Waals surface area contributed by atoms with E-state index in [0.29, 0.717) is 17.8 Å². The molecule has 0 amide bonds. The average Bonchev–Trinajstić information content (AvgIpc) is 2.95. The lowest BCUT2D eigenvalue weighted by molar-refractivity contribution is 0.189. The van der Waals surface area contributed by atoms with Crippen LogP contribution in [0.1, 0.15) is 71.6 Å². The predicted molar refractivity (Wildman–Crippen MR) is 97.0 cm³/mol. The molecule has 0 aromatic carbocycles. The number of nitrogens with two attached hydrogens (primary N) is 1. The molecular formula is C21H35NO. The first-order valence-electron chi connectivity index (χ1n) is 9.86. The highest BCUT2D eigenvalue weighted by Crippen LogP contribution is 2.46. The molecule has 3 unspecified atom stereocenters. The summed E-state index contributed by atoms with van der Waals surface area (Å²) in [5.41, 5.74) is 9.29. The van der Waals surface area contributed by atoms with Crippen LogP contribution in [0.3, 0.4) is 0 Å². The van der Waals surface area contributed by atoms with E-state index < -0.39 is 0 Å². The van der Waals surface area contributed by atoms with Gasteiger partial charge in [-0.2, -0.15) is 0 Å². The van der Waals surface area contributed by atoms with E-state index in [1.54, 1.807) is 11.1 Å². The Bertz CT molecular complexity index is 480. The molecule has 130 valence electrons. The topological polar surface area (TPSA) is 46.2 Å². The molecule has 3 aliphatic carbocycles. The number of allylic oxidation sites excluding steroid dienone is 4. The van der Waals surface area contributed by atoms with Crippen molar-refractivity contribution in [2.75, 3.05) is 6.61 Å². The number of hydrogen-bond donors (Lipinski definition) is 2. The molecule has 2 nitrogen and oxygen atoms in total. The monoisotopic (exact) mass is 317 g/mol. The van der Waals surface area contributed by atoms with E-state index in [9.17, 15) is 5.11 Å². The first-order valence-corrected chi connectivity index (χ1v) is 9.86. The van der Waals surface area contributed by atoms with E-state index in [4.69, 9.17) is 5.73 Å². The van der Waals surface area contributed by atoms with E-state index >= 15 is 0 Å². The maximum Gasteiger partial charge on any atom is 0.0611 e. The van der Waals surface area contributed by atoms with Crippen molar-refractivity contribution in [3.8, 4) is 0 Å². The zero-order valence-electron chi connectivity index (χ0n) is 15.1. The van der Waals surface area contributed by atoms with Crippen LogP contribution in [0, 0.1) is 23.7 Å². The molecule has 5 atom stereocenters. The molecule has 2 heteroatoms. The Hall–Kier alpha value is -0.600. The second kappa shape index (κ2) is 7.11. The van der Waals surface area contributed by atoms with Gasteiger partial charge in [0.25, 0.3) is 0 Å². The summed E-state index contributed by atoms with van der Waals surface area (Å²) in [6, 6.07) is 0. The fourth-order valence-electron chi connectivity index (χ4n) is 5.22. The number of aliphatic hydroxyl groups excluding tert-OH is 1. The van der Waals surface area contributed by atoms with Crippen LogP contribution in [0.2, 0.25) is 0 Å². The number of aliphatic hydroxyl groups is 1. The van der Waals surface area contributed by atoms with Crippen molar-refractivity contribution in [2.24, 2.45) is 29.4 Å². The van der Waals surface area contributed by atoms with Crippen LogP contribution in [0.25, 0.3) is 0 Å². The summed E-state index contributed by atoms with van der Waals surface area (Å²) in [5.74, 6) is 2.84. The van der Waals surface area contributed by atoms with E-state index in [1.807, 2.05) is 0 Å². The molecule has 2 saturated carbocycles. The van der Waals surface area contributed by atoms with Crippen LogP contribution in [0.15, 0.2) is 23.3 Å². The fraction of sp³-hybridized carbons (Fsp3) is 0.810. The smallest absolute Gasteiger partial charge is 0.0611 e. The van der Waals surface area contributed by atoms with Gasteiger partial charge < -0.3 is 10.8 Å². The lowest BCUT2D eigenvalue weighted by atomic mass is 9.69. The van der Waals surface area contributed by atoms with Gasteiger partial charge in [0.1, 0.15) is 0 Å². The minimum atomic E-state index is -0.315. The Morgan fingerprint density at radius 3 is 2.78 bits per heavy atom. The first-order chi connectivity index (χ1) is 11.0. The summed E-state index contributed by atoms with van der Waals surface area (Å²) >= 11 is 0. The SMILES string of the molecule is CCCCC1CCC2=CC([C@H]3CC[C@](N)(CO)C3)C(C)C=C2C1. The number of rotatable bonds is 5. The van der Waals surface area contributed by atoms with Crippen molar-refractivity contribution in [3.63, 3.8) is 0 Å². The summed E-state index contributed by atoms with van der Waals surface area (Å²) in [6.45, 7) is 4.82. The van der Waals surface area contributed by atoms with Crippen molar-refractivity contribution in [1.29, 1.82) is 0 Å². The summed E-state index contributed by atoms with van der Waals surface area (Å²) in [5, 5.41) is 9.54. The molecule has 3 rings (SSSR count). The zero-order chi connectivity index (χ0) is 16.4. The third-order valence-electron chi connectivity index (χ3n) is 6.71. The molecule has 3 N–H and O–H groups in total. The van der Waals surface area contributed by atoms with Crippen molar-refractivity contribution >= 4 is 0 Å². The second-order valence-corrected chi connectivity index (χ2v) is 8.59. The highest BCUT2D eigenvalue weighted by Gasteiger charge is 2.40. The largest absolute Gasteiger partial charge is 0.394 e. The highest BCUT2D eigenvalue weighted by atomic mass is 16.3. The highest BCUT2D eigenvalue weighted by molar-refractivity contribution is 5.38. The Morgan fingerprint density at radius 1 is 1.26 bits per heavy atom. The predicted octanol–water partition coefficient (Wildman–Crippen LogP) is 4.59. The Morgan fingerprint density at radius 2 is 2.09 bits per heavy atom. The number of hydrogen-bond acceptors (Lipinski definition) is 2. The van der Waals surface area contributed by atoms with E-state index in [1.165, 1.54) is 44.9 Å². The van der Waals surface area contributed by atoms with Crippen LogP contribution in [-0.2, 0) is 0 Å². The molecule has 0 radical (unpaired) electrons. The maximum atomic E-state index is 9.54.